The second kappa shape index (κ2) is 6.14. The smallest absolute Gasteiger partial charge is 0.277 e. The van der Waals surface area contributed by atoms with Crippen LogP contribution in [-0.2, 0) is 4.79 Å². The van der Waals surface area contributed by atoms with Gasteiger partial charge in [0.1, 0.15) is 6.04 Å². The highest BCUT2D eigenvalue weighted by atomic mass is 16.2. The summed E-state index contributed by atoms with van der Waals surface area (Å²) in [6.07, 6.45) is 0.883. The van der Waals surface area contributed by atoms with Gasteiger partial charge in [-0.2, -0.15) is 5.26 Å². The Kier molecular flexibility index (Phi) is 3.75. The summed E-state index contributed by atoms with van der Waals surface area (Å²) >= 11 is 0. The molecule has 0 spiro atoms. The van der Waals surface area contributed by atoms with Crippen LogP contribution in [0.4, 0.5) is 0 Å². The zero-order valence-electron chi connectivity index (χ0n) is 16.7. The van der Waals surface area contributed by atoms with Gasteiger partial charge in [0, 0.05) is 12.0 Å². The van der Waals surface area contributed by atoms with Gasteiger partial charge >= 0.3 is 0 Å². The first-order valence-corrected chi connectivity index (χ1v) is 9.86. The molecule has 1 atom stereocenters. The van der Waals surface area contributed by atoms with Crippen molar-refractivity contribution in [2.75, 3.05) is 0 Å². The molecule has 148 valence electrons. The first kappa shape index (κ1) is 18.3. The van der Waals surface area contributed by atoms with Crippen LogP contribution in [0.25, 0.3) is 16.5 Å². The fraction of sp³-hybridized carbons (Fsp3) is 0.250. The predicted molar refractivity (Wildman–Crippen MR) is 113 cm³/mol. The first-order chi connectivity index (χ1) is 14.3. The van der Waals surface area contributed by atoms with Gasteiger partial charge in [-0.3, -0.25) is 14.4 Å². The van der Waals surface area contributed by atoms with Gasteiger partial charge in [0.15, 0.2) is 5.78 Å². The lowest BCUT2D eigenvalue weighted by Gasteiger charge is -2.30. The molecule has 30 heavy (non-hydrogen) atoms. The van der Waals surface area contributed by atoms with Crippen LogP contribution in [0.3, 0.4) is 0 Å². The predicted octanol–water partition coefficient (Wildman–Crippen LogP) is 3.24. The monoisotopic (exact) mass is 397 g/mol. The van der Waals surface area contributed by atoms with Crippen LogP contribution in [0.2, 0.25) is 0 Å². The van der Waals surface area contributed by atoms with E-state index in [9.17, 15) is 14.4 Å². The zero-order chi connectivity index (χ0) is 21.2. The fourth-order valence-electron chi connectivity index (χ4n) is 4.74. The number of aromatic nitrogens is 2. The number of allylic oxidation sites excluding steroid dienone is 2. The highest BCUT2D eigenvalue weighted by Gasteiger charge is 2.44. The summed E-state index contributed by atoms with van der Waals surface area (Å²) in [4.78, 5) is 40.2. The van der Waals surface area contributed by atoms with Crippen molar-refractivity contribution in [3.05, 3.63) is 85.9 Å². The van der Waals surface area contributed by atoms with Gasteiger partial charge in [-0.25, -0.2) is 9.36 Å². The minimum atomic E-state index is -0.679. The summed E-state index contributed by atoms with van der Waals surface area (Å²) in [5.74, 6) is -0.0466. The number of hydrogen-bond donors (Lipinski definition) is 0. The Bertz CT molecular complexity index is 1430. The zero-order valence-corrected chi connectivity index (χ0v) is 16.7. The van der Waals surface area contributed by atoms with Crippen molar-refractivity contribution in [3.63, 3.8) is 0 Å². The minimum absolute atomic E-state index is 0.0466. The van der Waals surface area contributed by atoms with Gasteiger partial charge in [0.2, 0.25) is 0 Å². The van der Waals surface area contributed by atoms with E-state index in [-0.39, 0.29) is 22.3 Å². The van der Waals surface area contributed by atoms with Crippen LogP contribution in [-0.4, -0.2) is 15.1 Å². The molecule has 6 heteroatoms. The van der Waals surface area contributed by atoms with E-state index in [1.165, 1.54) is 9.36 Å². The topological polar surface area (TPSA) is 84.9 Å². The third-order valence-electron chi connectivity index (χ3n) is 6.03. The highest BCUT2D eigenvalue weighted by Crippen LogP contribution is 2.46. The molecule has 0 fully saturated rings. The van der Waals surface area contributed by atoms with Crippen molar-refractivity contribution in [1.82, 2.24) is 9.36 Å². The second-order valence-corrected chi connectivity index (χ2v) is 8.75. The lowest BCUT2D eigenvalue weighted by Crippen LogP contribution is -2.37. The largest absolute Gasteiger partial charge is 0.294 e. The maximum atomic E-state index is 13.5. The van der Waals surface area contributed by atoms with Gasteiger partial charge in [-0.15, -0.1) is 0 Å². The third kappa shape index (κ3) is 2.45. The Labute approximate surface area is 172 Å². The SMILES string of the molecule is CC1(C)CC(=O)C2=C(C1)n1c(=O)c3ccccc3c(=O)n1C2c1ccc(C#N)cc1. The summed E-state index contributed by atoms with van der Waals surface area (Å²) < 4.78 is 2.84. The van der Waals surface area contributed by atoms with E-state index in [1.807, 2.05) is 13.8 Å². The molecule has 2 aliphatic rings. The van der Waals surface area contributed by atoms with Crippen LogP contribution in [0.1, 0.15) is 43.9 Å². The Balaban J connectivity index is 1.90. The van der Waals surface area contributed by atoms with Gasteiger partial charge < -0.3 is 0 Å². The number of nitrogens with zero attached hydrogens (tertiary/aromatic N) is 3. The molecule has 0 radical (unpaired) electrons. The van der Waals surface area contributed by atoms with E-state index in [0.717, 1.165) is 0 Å². The molecule has 5 rings (SSSR count). The molecule has 0 N–H and O–H groups in total. The molecule has 2 heterocycles. The summed E-state index contributed by atoms with van der Waals surface area (Å²) in [6, 6.07) is 15.0. The van der Waals surface area contributed by atoms with Crippen molar-refractivity contribution in [2.24, 2.45) is 5.41 Å². The molecule has 1 aromatic heterocycles. The van der Waals surface area contributed by atoms with Crippen molar-refractivity contribution in [1.29, 1.82) is 5.26 Å². The maximum Gasteiger partial charge on any atom is 0.277 e. The van der Waals surface area contributed by atoms with Crippen LogP contribution in [0.5, 0.6) is 0 Å². The van der Waals surface area contributed by atoms with Gasteiger partial charge in [-0.1, -0.05) is 38.1 Å². The Morgan fingerprint density at radius 3 is 2.20 bits per heavy atom. The van der Waals surface area contributed by atoms with E-state index in [1.54, 1.807) is 48.5 Å². The molecule has 0 saturated carbocycles. The van der Waals surface area contributed by atoms with Gasteiger partial charge in [0.05, 0.1) is 28.1 Å². The number of Topliss-reactive ketones (excluding diaryl/α,β-unsaturated/α-hetero) is 1. The Morgan fingerprint density at radius 2 is 1.57 bits per heavy atom. The number of fused-ring (bicyclic) bond motifs is 3. The third-order valence-corrected chi connectivity index (χ3v) is 6.03. The molecular weight excluding hydrogens is 378 g/mol. The van der Waals surface area contributed by atoms with E-state index in [4.69, 9.17) is 5.26 Å². The standard InChI is InChI=1S/C24H19N3O3/c1-24(2)11-18-20(19(28)12-24)21(15-9-7-14(13-25)8-10-15)27-23(30)17-6-4-3-5-16(17)22(29)26(18)27/h3-10,21H,11-12H2,1-2H3. The van der Waals surface area contributed by atoms with E-state index >= 15 is 0 Å². The molecule has 1 unspecified atom stereocenters. The molecule has 3 aromatic rings. The Morgan fingerprint density at radius 1 is 0.933 bits per heavy atom. The maximum absolute atomic E-state index is 13.5. The molecular formula is C24H19N3O3. The number of nitriles is 1. The van der Waals surface area contributed by atoms with Gasteiger partial charge in [-0.05, 0) is 41.7 Å². The number of rotatable bonds is 1. The second-order valence-electron chi connectivity index (χ2n) is 8.75. The molecule has 0 amide bonds. The van der Waals surface area contributed by atoms with Crippen LogP contribution < -0.4 is 11.1 Å². The van der Waals surface area contributed by atoms with Crippen LogP contribution in [0, 0.1) is 16.7 Å². The normalized spacial score (nSPS) is 19.5. The molecule has 6 nitrogen and oxygen atoms in total. The van der Waals surface area contributed by atoms with Crippen molar-refractivity contribution in [3.8, 4) is 6.07 Å². The lowest BCUT2D eigenvalue weighted by atomic mass is 9.74. The quantitative estimate of drug-likeness (QED) is 0.631. The minimum Gasteiger partial charge on any atom is -0.294 e. The molecule has 0 saturated heterocycles. The van der Waals surface area contributed by atoms with Crippen molar-refractivity contribution < 1.29 is 4.79 Å². The highest BCUT2D eigenvalue weighted by molar-refractivity contribution is 6.04. The first-order valence-electron chi connectivity index (χ1n) is 9.86. The number of hydrogen-bond acceptors (Lipinski definition) is 4. The number of carbonyl (C=O) groups is 1. The summed E-state index contributed by atoms with van der Waals surface area (Å²) in [6.45, 7) is 4.00. The fourth-order valence-corrected chi connectivity index (χ4v) is 4.74. The lowest BCUT2D eigenvalue weighted by molar-refractivity contribution is -0.118. The average molecular weight is 397 g/mol. The Hall–Kier alpha value is -3.72. The molecule has 1 aliphatic carbocycles. The summed E-state index contributed by atoms with van der Waals surface area (Å²) in [5.41, 5.74) is 1.41. The summed E-state index contributed by atoms with van der Waals surface area (Å²) in [5, 5.41) is 9.81. The molecule has 0 bridgehead atoms. The van der Waals surface area contributed by atoms with E-state index in [2.05, 4.69) is 6.07 Å². The van der Waals surface area contributed by atoms with E-state index < -0.39 is 6.04 Å². The average Bonchev–Trinajstić information content (AvgIpc) is 3.06. The molecule has 2 aromatic carbocycles. The van der Waals surface area contributed by atoms with Gasteiger partial charge in [0.25, 0.3) is 11.1 Å². The number of benzene rings is 2. The number of ketones is 1. The van der Waals surface area contributed by atoms with Crippen LogP contribution in [0.15, 0.2) is 63.7 Å². The van der Waals surface area contributed by atoms with E-state index in [0.29, 0.717) is 46.0 Å². The van der Waals surface area contributed by atoms with Crippen molar-refractivity contribution >= 4 is 22.3 Å². The number of carbonyl (C=O) groups excluding carboxylic acids is 1. The van der Waals surface area contributed by atoms with Crippen molar-refractivity contribution in [2.45, 2.75) is 32.7 Å². The molecule has 1 aliphatic heterocycles. The van der Waals surface area contributed by atoms with Crippen LogP contribution >= 0.6 is 0 Å². The summed E-state index contributed by atoms with van der Waals surface area (Å²) in [7, 11) is 0.